The van der Waals surface area contributed by atoms with E-state index in [2.05, 4.69) is 24.1 Å². The van der Waals surface area contributed by atoms with Crippen LogP contribution in [0, 0.1) is 0 Å². The van der Waals surface area contributed by atoms with Gasteiger partial charge in [0.1, 0.15) is 0 Å². The van der Waals surface area contributed by atoms with E-state index in [9.17, 15) is 4.79 Å². The molecule has 128 valence electrons. The number of nitrogens with two attached hydrogens (primary N) is 1. The van der Waals surface area contributed by atoms with Crippen LogP contribution in [0.2, 0.25) is 0 Å². The Morgan fingerprint density at radius 3 is 2.05 bits per heavy atom. The Morgan fingerprint density at radius 1 is 1.14 bits per heavy atom. The number of hydrogen-bond donors (Lipinski definition) is 2. The maximum absolute atomic E-state index is 12.2. The monoisotopic (exact) mass is 341 g/mol. The molecule has 6 heteroatoms. The van der Waals surface area contributed by atoms with E-state index in [4.69, 9.17) is 5.73 Å². The van der Waals surface area contributed by atoms with Crippen molar-refractivity contribution in [3.05, 3.63) is 0 Å². The summed E-state index contributed by atoms with van der Waals surface area (Å²) >= 11 is 0. The van der Waals surface area contributed by atoms with Crippen molar-refractivity contribution in [1.29, 1.82) is 0 Å². The second kappa shape index (κ2) is 11.5. The quantitative estimate of drug-likeness (QED) is 0.780. The third-order valence-corrected chi connectivity index (χ3v) is 4.59. The summed E-state index contributed by atoms with van der Waals surface area (Å²) in [6, 6.07) is -0.0314. The van der Waals surface area contributed by atoms with E-state index in [1.807, 2.05) is 6.92 Å². The standard InChI is InChI=1S/C15H31N3O.2ClH/c1-4-15(16,5-2)12-17-14(19)13(3)18-10-8-6-7-9-11-18;;/h13H,4-12,16H2,1-3H3,(H,17,19);2*1H. The average Bonchev–Trinajstić information content (AvgIpc) is 2.72. The molecule has 0 aromatic carbocycles. The summed E-state index contributed by atoms with van der Waals surface area (Å²) < 4.78 is 0. The SMILES string of the molecule is CCC(N)(CC)CNC(=O)C(C)N1CCCCCC1.Cl.Cl. The lowest BCUT2D eigenvalue weighted by molar-refractivity contribution is -0.126. The van der Waals surface area contributed by atoms with E-state index in [1.54, 1.807) is 0 Å². The highest BCUT2D eigenvalue weighted by Gasteiger charge is 2.25. The minimum Gasteiger partial charge on any atom is -0.353 e. The van der Waals surface area contributed by atoms with Gasteiger partial charge in [0.05, 0.1) is 6.04 Å². The maximum Gasteiger partial charge on any atom is 0.237 e. The topological polar surface area (TPSA) is 58.4 Å². The highest BCUT2D eigenvalue weighted by atomic mass is 35.5. The molecule has 0 radical (unpaired) electrons. The Kier molecular flexibility index (Phi) is 12.8. The molecule has 0 saturated carbocycles. The lowest BCUT2D eigenvalue weighted by Crippen LogP contribution is -2.53. The number of rotatable bonds is 6. The van der Waals surface area contributed by atoms with Crippen LogP contribution in [0.4, 0.5) is 0 Å². The van der Waals surface area contributed by atoms with Gasteiger partial charge in [0, 0.05) is 12.1 Å². The van der Waals surface area contributed by atoms with Gasteiger partial charge in [0.2, 0.25) is 5.91 Å². The molecule has 1 heterocycles. The molecule has 1 atom stereocenters. The van der Waals surface area contributed by atoms with E-state index in [1.165, 1.54) is 25.7 Å². The van der Waals surface area contributed by atoms with Crippen molar-refractivity contribution in [1.82, 2.24) is 10.2 Å². The number of carbonyl (C=O) groups excluding carboxylic acids is 1. The number of likely N-dealkylation sites (tertiary alicyclic amines) is 1. The number of halogens is 2. The van der Waals surface area contributed by atoms with E-state index >= 15 is 0 Å². The maximum atomic E-state index is 12.2. The highest BCUT2D eigenvalue weighted by Crippen LogP contribution is 2.13. The molecule has 0 aromatic rings. The van der Waals surface area contributed by atoms with Gasteiger partial charge in [-0.25, -0.2) is 0 Å². The molecule has 1 saturated heterocycles. The first-order chi connectivity index (χ1) is 9.02. The molecule has 1 rings (SSSR count). The molecule has 1 unspecified atom stereocenters. The Labute approximate surface area is 142 Å². The van der Waals surface area contributed by atoms with Crippen LogP contribution in [-0.4, -0.2) is 42.0 Å². The van der Waals surface area contributed by atoms with Gasteiger partial charge in [-0.1, -0.05) is 26.7 Å². The first kappa shape index (κ1) is 23.2. The van der Waals surface area contributed by atoms with Gasteiger partial charge < -0.3 is 11.1 Å². The minimum atomic E-state index is -0.256. The summed E-state index contributed by atoms with van der Waals surface area (Å²) in [5, 5.41) is 3.04. The molecule has 1 amide bonds. The second-order valence-electron chi connectivity index (χ2n) is 5.91. The fourth-order valence-electron chi connectivity index (χ4n) is 2.56. The normalized spacial score (nSPS) is 17.9. The zero-order chi connectivity index (χ0) is 14.3. The number of amides is 1. The van der Waals surface area contributed by atoms with Crippen molar-refractivity contribution in [3.63, 3.8) is 0 Å². The molecule has 0 aromatic heterocycles. The van der Waals surface area contributed by atoms with Gasteiger partial charge in [0.25, 0.3) is 0 Å². The number of carbonyl (C=O) groups is 1. The lowest BCUT2D eigenvalue weighted by atomic mass is 9.94. The van der Waals surface area contributed by atoms with Crippen LogP contribution >= 0.6 is 24.8 Å². The Hall–Kier alpha value is -0.0300. The van der Waals surface area contributed by atoms with E-state index in [-0.39, 0.29) is 42.3 Å². The third-order valence-electron chi connectivity index (χ3n) is 4.59. The van der Waals surface area contributed by atoms with Crippen molar-refractivity contribution < 1.29 is 4.79 Å². The third kappa shape index (κ3) is 7.68. The highest BCUT2D eigenvalue weighted by molar-refractivity contribution is 5.85. The Balaban J connectivity index is 0. The molecule has 0 aliphatic carbocycles. The number of hydrogen-bond acceptors (Lipinski definition) is 3. The van der Waals surface area contributed by atoms with Gasteiger partial charge in [-0.3, -0.25) is 9.69 Å². The zero-order valence-electron chi connectivity index (χ0n) is 13.7. The molecule has 0 bridgehead atoms. The van der Waals surface area contributed by atoms with Crippen LogP contribution in [0.1, 0.15) is 59.3 Å². The van der Waals surface area contributed by atoms with Crippen molar-refractivity contribution in [2.24, 2.45) is 5.73 Å². The number of nitrogens with zero attached hydrogens (tertiary/aromatic N) is 1. The summed E-state index contributed by atoms with van der Waals surface area (Å²) in [6.07, 6.45) is 6.79. The predicted octanol–water partition coefficient (Wildman–Crippen LogP) is 2.73. The van der Waals surface area contributed by atoms with Gasteiger partial charge in [-0.05, 0) is 45.7 Å². The van der Waals surface area contributed by atoms with Crippen LogP contribution < -0.4 is 11.1 Å². The molecule has 3 N–H and O–H groups in total. The second-order valence-corrected chi connectivity index (χ2v) is 5.91. The summed E-state index contributed by atoms with van der Waals surface area (Å²) in [5.41, 5.74) is 5.96. The van der Waals surface area contributed by atoms with Gasteiger partial charge in [0.15, 0.2) is 0 Å². The lowest BCUT2D eigenvalue weighted by Gasteiger charge is -2.30. The van der Waals surface area contributed by atoms with Crippen LogP contribution in [0.3, 0.4) is 0 Å². The molecular weight excluding hydrogens is 309 g/mol. The summed E-state index contributed by atoms with van der Waals surface area (Å²) in [5.74, 6) is 0.124. The Morgan fingerprint density at radius 2 is 1.62 bits per heavy atom. The van der Waals surface area contributed by atoms with Crippen molar-refractivity contribution >= 4 is 30.7 Å². The summed E-state index contributed by atoms with van der Waals surface area (Å²) in [4.78, 5) is 14.5. The molecule has 21 heavy (non-hydrogen) atoms. The molecule has 1 aliphatic heterocycles. The van der Waals surface area contributed by atoms with Gasteiger partial charge in [-0.15, -0.1) is 24.8 Å². The number of nitrogens with one attached hydrogen (secondary N) is 1. The van der Waals surface area contributed by atoms with E-state index in [0.717, 1.165) is 25.9 Å². The van der Waals surface area contributed by atoms with E-state index < -0.39 is 0 Å². The Bertz CT molecular complexity index is 278. The van der Waals surface area contributed by atoms with Crippen molar-refractivity contribution in [2.45, 2.75) is 70.9 Å². The minimum absolute atomic E-state index is 0. The van der Waals surface area contributed by atoms with Gasteiger partial charge >= 0.3 is 0 Å². The summed E-state index contributed by atoms with van der Waals surface area (Å²) in [6.45, 7) is 8.84. The van der Waals surface area contributed by atoms with Gasteiger partial charge in [-0.2, -0.15) is 0 Å². The first-order valence-electron chi connectivity index (χ1n) is 7.83. The van der Waals surface area contributed by atoms with Crippen LogP contribution in [0.15, 0.2) is 0 Å². The van der Waals surface area contributed by atoms with Crippen LogP contribution in [0.5, 0.6) is 0 Å². The largest absolute Gasteiger partial charge is 0.353 e. The first-order valence-corrected chi connectivity index (χ1v) is 7.83. The molecule has 0 spiro atoms. The molecular formula is C15H33Cl2N3O. The van der Waals surface area contributed by atoms with Crippen molar-refractivity contribution in [3.8, 4) is 0 Å². The van der Waals surface area contributed by atoms with Crippen molar-refractivity contribution in [2.75, 3.05) is 19.6 Å². The molecule has 1 aliphatic rings. The van der Waals surface area contributed by atoms with Crippen LogP contribution in [0.25, 0.3) is 0 Å². The van der Waals surface area contributed by atoms with Crippen LogP contribution in [-0.2, 0) is 4.79 Å². The smallest absolute Gasteiger partial charge is 0.237 e. The van der Waals surface area contributed by atoms with E-state index in [0.29, 0.717) is 6.54 Å². The molecule has 1 fully saturated rings. The fraction of sp³-hybridized carbons (Fsp3) is 0.933. The molecule has 4 nitrogen and oxygen atoms in total. The summed E-state index contributed by atoms with van der Waals surface area (Å²) in [7, 11) is 0. The average molecular weight is 342 g/mol. The predicted molar refractivity (Wildman–Crippen MR) is 94.5 cm³/mol. The fourth-order valence-corrected chi connectivity index (χ4v) is 2.56. The zero-order valence-corrected chi connectivity index (χ0v) is 15.3.